The van der Waals surface area contributed by atoms with Gasteiger partial charge in [0.05, 0.1) is 11.7 Å². The standard InChI is InChI=1S/C25H23N5S/c1-2-18-8-10-20(11-9-18)30-24(23(28-25(30)31)21-6-3-4-14-27-21)22-7-5-17-29(22)19-12-15-26-16-13-19/h3-17,23-24H,2H2,1H3,(H,28,31)/t23-,24+/m1/s1. The monoisotopic (exact) mass is 425 g/mol. The van der Waals surface area contributed by atoms with E-state index in [2.05, 4.69) is 80.3 Å². The van der Waals surface area contributed by atoms with Crippen LogP contribution in [0.3, 0.4) is 0 Å². The first-order valence-electron chi connectivity index (χ1n) is 10.4. The molecule has 1 aliphatic heterocycles. The Morgan fingerprint density at radius 1 is 0.903 bits per heavy atom. The minimum absolute atomic E-state index is 0.0574. The third-order valence-electron chi connectivity index (χ3n) is 5.75. The molecule has 0 aliphatic carbocycles. The van der Waals surface area contributed by atoms with Gasteiger partial charge in [0.1, 0.15) is 6.04 Å². The average Bonchev–Trinajstić information content (AvgIpc) is 3.44. The van der Waals surface area contributed by atoms with Crippen molar-refractivity contribution in [2.24, 2.45) is 0 Å². The maximum absolute atomic E-state index is 5.84. The predicted octanol–water partition coefficient (Wildman–Crippen LogP) is 5.01. The third-order valence-corrected chi connectivity index (χ3v) is 6.06. The van der Waals surface area contributed by atoms with E-state index in [0.717, 1.165) is 29.2 Å². The Morgan fingerprint density at radius 2 is 1.71 bits per heavy atom. The lowest BCUT2D eigenvalue weighted by Gasteiger charge is -2.29. The Balaban J connectivity index is 1.65. The molecule has 154 valence electrons. The van der Waals surface area contributed by atoms with Gasteiger partial charge in [-0.1, -0.05) is 25.1 Å². The summed E-state index contributed by atoms with van der Waals surface area (Å²) >= 11 is 5.84. The lowest BCUT2D eigenvalue weighted by atomic mass is 10.0. The van der Waals surface area contributed by atoms with E-state index >= 15 is 0 Å². The average molecular weight is 426 g/mol. The Bertz CT molecular complexity index is 1170. The number of aromatic nitrogens is 3. The first-order valence-corrected chi connectivity index (χ1v) is 10.8. The number of nitrogens with one attached hydrogen (secondary N) is 1. The van der Waals surface area contributed by atoms with Gasteiger partial charge in [0.2, 0.25) is 0 Å². The van der Waals surface area contributed by atoms with E-state index < -0.39 is 0 Å². The van der Waals surface area contributed by atoms with Crippen LogP contribution in [0.25, 0.3) is 5.69 Å². The molecule has 5 rings (SSSR count). The summed E-state index contributed by atoms with van der Waals surface area (Å²) in [6.07, 6.45) is 8.55. The van der Waals surface area contributed by atoms with Crippen LogP contribution < -0.4 is 10.2 Å². The number of nitrogens with zero attached hydrogens (tertiary/aromatic N) is 4. The van der Waals surface area contributed by atoms with E-state index in [1.54, 1.807) is 0 Å². The Morgan fingerprint density at radius 3 is 2.42 bits per heavy atom. The normalized spacial score (nSPS) is 18.2. The molecule has 1 fully saturated rings. The molecule has 4 aromatic rings. The lowest BCUT2D eigenvalue weighted by Crippen LogP contribution is -2.30. The molecule has 3 aromatic heterocycles. The maximum atomic E-state index is 5.84. The number of hydrogen-bond acceptors (Lipinski definition) is 3. The van der Waals surface area contributed by atoms with E-state index in [9.17, 15) is 0 Å². The van der Waals surface area contributed by atoms with Crippen LogP contribution in [0.1, 0.15) is 36.0 Å². The van der Waals surface area contributed by atoms with Gasteiger partial charge in [0.25, 0.3) is 0 Å². The first-order chi connectivity index (χ1) is 15.3. The fraction of sp³-hybridized carbons (Fsp3) is 0.160. The van der Waals surface area contributed by atoms with Gasteiger partial charge < -0.3 is 14.8 Å². The van der Waals surface area contributed by atoms with Crippen molar-refractivity contribution >= 4 is 23.0 Å². The molecule has 1 saturated heterocycles. The molecule has 0 spiro atoms. The zero-order chi connectivity index (χ0) is 21.2. The fourth-order valence-corrected chi connectivity index (χ4v) is 4.55. The summed E-state index contributed by atoms with van der Waals surface area (Å²) in [4.78, 5) is 11.0. The molecule has 0 bridgehead atoms. The van der Waals surface area contributed by atoms with Crippen LogP contribution >= 0.6 is 12.2 Å². The molecule has 5 nitrogen and oxygen atoms in total. The smallest absolute Gasteiger partial charge is 0.174 e. The highest BCUT2D eigenvalue weighted by Crippen LogP contribution is 2.42. The van der Waals surface area contributed by atoms with Gasteiger partial charge in [-0.2, -0.15) is 0 Å². The molecule has 4 heterocycles. The second-order valence-electron chi connectivity index (χ2n) is 7.53. The van der Waals surface area contributed by atoms with Crippen LogP contribution in [-0.2, 0) is 6.42 Å². The van der Waals surface area contributed by atoms with Crippen molar-refractivity contribution < 1.29 is 0 Å². The molecule has 1 aliphatic rings. The summed E-state index contributed by atoms with van der Waals surface area (Å²) in [5.74, 6) is 0. The zero-order valence-corrected chi connectivity index (χ0v) is 18.0. The molecule has 2 atom stereocenters. The number of aryl methyl sites for hydroxylation is 1. The van der Waals surface area contributed by atoms with Gasteiger partial charge >= 0.3 is 0 Å². The molecule has 1 aromatic carbocycles. The van der Waals surface area contributed by atoms with Crippen molar-refractivity contribution in [1.82, 2.24) is 19.9 Å². The number of hydrogen-bond donors (Lipinski definition) is 1. The number of thiocarbonyl (C=S) groups is 1. The fourth-order valence-electron chi connectivity index (χ4n) is 4.20. The van der Waals surface area contributed by atoms with Crippen LogP contribution in [0.2, 0.25) is 0 Å². The minimum Gasteiger partial charge on any atom is -0.351 e. The number of anilines is 1. The van der Waals surface area contributed by atoms with Gasteiger partial charge in [0, 0.05) is 41.9 Å². The van der Waals surface area contributed by atoms with E-state index in [4.69, 9.17) is 12.2 Å². The van der Waals surface area contributed by atoms with Gasteiger partial charge in [-0.3, -0.25) is 9.97 Å². The lowest BCUT2D eigenvalue weighted by molar-refractivity contribution is 0.549. The quantitative estimate of drug-likeness (QED) is 0.456. The molecular formula is C25H23N5S. The van der Waals surface area contributed by atoms with Gasteiger partial charge in [0.15, 0.2) is 5.11 Å². The summed E-state index contributed by atoms with van der Waals surface area (Å²) in [6, 6.07) is 22.8. The van der Waals surface area contributed by atoms with Crippen molar-refractivity contribution in [3.8, 4) is 5.69 Å². The molecule has 0 amide bonds. The molecule has 0 unspecified atom stereocenters. The van der Waals surface area contributed by atoms with Crippen molar-refractivity contribution in [3.63, 3.8) is 0 Å². The highest BCUT2D eigenvalue weighted by Gasteiger charge is 2.42. The van der Waals surface area contributed by atoms with Crippen LogP contribution in [0.4, 0.5) is 5.69 Å². The van der Waals surface area contributed by atoms with Crippen LogP contribution in [0.5, 0.6) is 0 Å². The number of rotatable bonds is 5. The first kappa shape index (κ1) is 19.5. The minimum atomic E-state index is -0.0740. The van der Waals surface area contributed by atoms with Gasteiger partial charge in [-0.25, -0.2) is 0 Å². The van der Waals surface area contributed by atoms with Crippen molar-refractivity contribution in [2.75, 3.05) is 4.90 Å². The largest absolute Gasteiger partial charge is 0.351 e. The molecule has 0 radical (unpaired) electrons. The number of pyridine rings is 2. The number of benzene rings is 1. The summed E-state index contributed by atoms with van der Waals surface area (Å²) in [5.41, 5.74) is 5.54. The van der Waals surface area contributed by atoms with Gasteiger partial charge in [-0.15, -0.1) is 0 Å². The van der Waals surface area contributed by atoms with E-state index in [-0.39, 0.29) is 12.1 Å². The van der Waals surface area contributed by atoms with Crippen molar-refractivity contribution in [1.29, 1.82) is 0 Å². The summed E-state index contributed by atoms with van der Waals surface area (Å²) in [5, 5.41) is 4.23. The molecular weight excluding hydrogens is 402 g/mol. The molecule has 0 saturated carbocycles. The Hall–Kier alpha value is -3.51. The van der Waals surface area contributed by atoms with E-state index in [1.807, 2.05) is 42.9 Å². The maximum Gasteiger partial charge on any atom is 0.174 e. The second kappa shape index (κ2) is 8.32. The predicted molar refractivity (Wildman–Crippen MR) is 127 cm³/mol. The van der Waals surface area contributed by atoms with E-state index in [1.165, 1.54) is 5.56 Å². The van der Waals surface area contributed by atoms with Crippen molar-refractivity contribution in [3.05, 3.63) is 108 Å². The third kappa shape index (κ3) is 3.59. The van der Waals surface area contributed by atoms with Gasteiger partial charge in [-0.05, 0) is 72.7 Å². The summed E-state index contributed by atoms with van der Waals surface area (Å²) in [7, 11) is 0. The summed E-state index contributed by atoms with van der Waals surface area (Å²) < 4.78 is 2.20. The van der Waals surface area contributed by atoms with Crippen LogP contribution in [0.15, 0.2) is 91.5 Å². The SMILES string of the molecule is CCc1ccc(N2C(=S)N[C@H](c3ccccn3)[C@@H]2c2cccn2-c2ccncc2)cc1. The molecule has 6 heteroatoms. The molecule has 31 heavy (non-hydrogen) atoms. The zero-order valence-electron chi connectivity index (χ0n) is 17.2. The highest BCUT2D eigenvalue weighted by atomic mass is 32.1. The topological polar surface area (TPSA) is 46.0 Å². The Labute approximate surface area is 187 Å². The highest BCUT2D eigenvalue weighted by molar-refractivity contribution is 7.80. The summed E-state index contributed by atoms with van der Waals surface area (Å²) in [6.45, 7) is 2.17. The van der Waals surface area contributed by atoms with Crippen LogP contribution in [0, 0.1) is 0 Å². The van der Waals surface area contributed by atoms with Crippen LogP contribution in [-0.4, -0.2) is 19.6 Å². The Kier molecular flexibility index (Phi) is 5.22. The van der Waals surface area contributed by atoms with Crippen molar-refractivity contribution in [2.45, 2.75) is 25.4 Å². The van der Waals surface area contributed by atoms with E-state index in [0.29, 0.717) is 5.11 Å². The second-order valence-corrected chi connectivity index (χ2v) is 7.91. The molecule has 1 N–H and O–H groups in total.